The summed E-state index contributed by atoms with van der Waals surface area (Å²) in [5, 5.41) is 2.86. The fourth-order valence-corrected chi connectivity index (χ4v) is 3.28. The first-order valence-electron chi connectivity index (χ1n) is 9.57. The van der Waals surface area contributed by atoms with Crippen LogP contribution in [0.2, 0.25) is 0 Å². The molecule has 5 nitrogen and oxygen atoms in total. The Hall–Kier alpha value is -3.54. The van der Waals surface area contributed by atoms with Gasteiger partial charge in [-0.15, -0.1) is 0 Å². The van der Waals surface area contributed by atoms with Gasteiger partial charge in [0, 0.05) is 24.8 Å². The van der Waals surface area contributed by atoms with Crippen LogP contribution >= 0.6 is 0 Å². The number of aryl methyl sites for hydroxylation is 1. The predicted molar refractivity (Wildman–Crippen MR) is 110 cm³/mol. The van der Waals surface area contributed by atoms with Crippen molar-refractivity contribution in [1.82, 2.24) is 19.9 Å². The average molecular weight is 388 g/mol. The average Bonchev–Trinajstić information content (AvgIpc) is 3.13. The zero-order valence-electron chi connectivity index (χ0n) is 16.1. The first kappa shape index (κ1) is 18.8. The number of carbonyl (C=O) groups is 1. The molecule has 0 bridgehead atoms. The number of rotatable bonds is 6. The summed E-state index contributed by atoms with van der Waals surface area (Å²) in [6, 6.07) is 17.8. The lowest BCUT2D eigenvalue weighted by Gasteiger charge is -2.09. The van der Waals surface area contributed by atoms with E-state index in [1.165, 1.54) is 12.1 Å². The first-order chi connectivity index (χ1) is 14.1. The van der Waals surface area contributed by atoms with Crippen molar-refractivity contribution in [2.75, 3.05) is 0 Å². The Morgan fingerprint density at radius 2 is 1.76 bits per heavy atom. The van der Waals surface area contributed by atoms with E-state index in [2.05, 4.69) is 22.2 Å². The maximum absolute atomic E-state index is 12.9. The molecule has 0 saturated carbocycles. The summed E-state index contributed by atoms with van der Waals surface area (Å²) in [4.78, 5) is 21.3. The third-order valence-corrected chi connectivity index (χ3v) is 4.76. The van der Waals surface area contributed by atoms with Gasteiger partial charge in [0.1, 0.15) is 17.2 Å². The Kier molecular flexibility index (Phi) is 5.33. The van der Waals surface area contributed by atoms with Crippen LogP contribution in [0.25, 0.3) is 16.9 Å². The third-order valence-electron chi connectivity index (χ3n) is 4.76. The van der Waals surface area contributed by atoms with E-state index in [1.54, 1.807) is 18.3 Å². The number of benzene rings is 2. The summed E-state index contributed by atoms with van der Waals surface area (Å²) in [5.41, 5.74) is 4.45. The van der Waals surface area contributed by atoms with E-state index in [1.807, 2.05) is 41.0 Å². The second-order valence-electron chi connectivity index (χ2n) is 6.81. The van der Waals surface area contributed by atoms with Gasteiger partial charge in [0.2, 0.25) is 5.91 Å². The number of pyridine rings is 1. The molecule has 2 heterocycles. The number of amides is 1. The van der Waals surface area contributed by atoms with Crippen molar-refractivity contribution < 1.29 is 9.18 Å². The van der Waals surface area contributed by atoms with Crippen LogP contribution in [0.4, 0.5) is 4.39 Å². The molecule has 146 valence electrons. The van der Waals surface area contributed by atoms with Crippen molar-refractivity contribution in [2.45, 2.75) is 26.3 Å². The van der Waals surface area contributed by atoms with Crippen molar-refractivity contribution >= 4 is 17.1 Å². The van der Waals surface area contributed by atoms with Gasteiger partial charge in [0.15, 0.2) is 5.65 Å². The van der Waals surface area contributed by atoms with E-state index in [0.717, 1.165) is 40.2 Å². The summed E-state index contributed by atoms with van der Waals surface area (Å²) in [6.07, 6.45) is 2.84. The number of nitrogens with one attached hydrogen (secondary N) is 1. The molecule has 4 rings (SSSR count). The molecule has 0 aliphatic heterocycles. The van der Waals surface area contributed by atoms with Crippen LogP contribution < -0.4 is 5.32 Å². The molecular formula is C23H21FN4O. The number of halogens is 1. The highest BCUT2D eigenvalue weighted by Crippen LogP contribution is 2.20. The van der Waals surface area contributed by atoms with Crippen molar-refractivity contribution in [1.29, 1.82) is 0 Å². The van der Waals surface area contributed by atoms with Gasteiger partial charge in [-0.05, 0) is 47.5 Å². The molecule has 2 aromatic heterocycles. The molecule has 0 unspecified atom stereocenters. The molecule has 1 amide bonds. The lowest BCUT2D eigenvalue weighted by atomic mass is 10.1. The first-order valence-corrected chi connectivity index (χ1v) is 9.57. The normalized spacial score (nSPS) is 11.0. The number of hydrogen-bond donors (Lipinski definition) is 1. The molecule has 6 heteroatoms. The highest BCUT2D eigenvalue weighted by atomic mass is 19.1. The lowest BCUT2D eigenvalue weighted by molar-refractivity contribution is -0.120. The van der Waals surface area contributed by atoms with E-state index >= 15 is 0 Å². The number of fused-ring (bicyclic) bond motifs is 1. The third kappa shape index (κ3) is 4.16. The maximum atomic E-state index is 12.9. The number of imidazole rings is 1. The molecule has 0 aliphatic carbocycles. The monoisotopic (exact) mass is 388 g/mol. The maximum Gasteiger partial charge on any atom is 0.224 e. The largest absolute Gasteiger partial charge is 0.352 e. The molecule has 1 N–H and O–H groups in total. The summed E-state index contributed by atoms with van der Waals surface area (Å²) < 4.78 is 15.0. The van der Waals surface area contributed by atoms with Gasteiger partial charge in [-0.1, -0.05) is 31.2 Å². The topological polar surface area (TPSA) is 59.8 Å². The lowest BCUT2D eigenvalue weighted by Crippen LogP contribution is -2.24. The van der Waals surface area contributed by atoms with Crippen LogP contribution in [0.1, 0.15) is 23.9 Å². The summed E-state index contributed by atoms with van der Waals surface area (Å²) >= 11 is 0. The number of nitrogens with zero attached hydrogens (tertiary/aromatic N) is 3. The predicted octanol–water partition coefficient (Wildman–Crippen LogP) is 3.98. The Morgan fingerprint density at radius 1 is 1.03 bits per heavy atom. The van der Waals surface area contributed by atoms with Crippen molar-refractivity contribution in [2.24, 2.45) is 0 Å². The molecule has 4 aromatic rings. The van der Waals surface area contributed by atoms with E-state index in [0.29, 0.717) is 6.54 Å². The zero-order chi connectivity index (χ0) is 20.2. The van der Waals surface area contributed by atoms with Crippen LogP contribution in [-0.4, -0.2) is 20.4 Å². The van der Waals surface area contributed by atoms with Gasteiger partial charge in [0.25, 0.3) is 0 Å². The smallest absolute Gasteiger partial charge is 0.224 e. The Morgan fingerprint density at radius 3 is 2.48 bits per heavy atom. The van der Waals surface area contributed by atoms with Crippen LogP contribution in [-0.2, 0) is 24.2 Å². The molecule has 0 aliphatic rings. The molecule has 29 heavy (non-hydrogen) atoms. The summed E-state index contributed by atoms with van der Waals surface area (Å²) in [6.45, 7) is 2.45. The molecular weight excluding hydrogens is 367 g/mol. The van der Waals surface area contributed by atoms with Crippen LogP contribution in [0.15, 0.2) is 66.9 Å². The second kappa shape index (κ2) is 8.22. The highest BCUT2D eigenvalue weighted by Gasteiger charge is 2.12. The minimum Gasteiger partial charge on any atom is -0.352 e. The van der Waals surface area contributed by atoms with Crippen LogP contribution in [0.3, 0.4) is 0 Å². The Labute approximate surface area is 168 Å². The molecule has 2 aromatic carbocycles. The van der Waals surface area contributed by atoms with Crippen molar-refractivity contribution in [3.05, 3.63) is 89.6 Å². The SMILES string of the molecule is CCc1nc2cccnc2n1-c1ccc(CC(=O)NCc2ccc(F)cc2)cc1. The minimum atomic E-state index is -0.285. The van der Waals surface area contributed by atoms with Crippen LogP contribution in [0, 0.1) is 5.82 Å². The molecule has 0 spiro atoms. The van der Waals surface area contributed by atoms with E-state index in [-0.39, 0.29) is 18.1 Å². The highest BCUT2D eigenvalue weighted by molar-refractivity contribution is 5.78. The number of aromatic nitrogens is 3. The fourth-order valence-electron chi connectivity index (χ4n) is 3.28. The minimum absolute atomic E-state index is 0.0777. The van der Waals surface area contributed by atoms with E-state index in [9.17, 15) is 9.18 Å². The fraction of sp³-hybridized carbons (Fsp3) is 0.174. The van der Waals surface area contributed by atoms with E-state index in [4.69, 9.17) is 0 Å². The number of hydrogen-bond acceptors (Lipinski definition) is 3. The van der Waals surface area contributed by atoms with Gasteiger partial charge in [-0.3, -0.25) is 9.36 Å². The van der Waals surface area contributed by atoms with Gasteiger partial charge >= 0.3 is 0 Å². The molecule has 0 radical (unpaired) electrons. The van der Waals surface area contributed by atoms with Crippen molar-refractivity contribution in [3.8, 4) is 5.69 Å². The van der Waals surface area contributed by atoms with Gasteiger partial charge in [-0.2, -0.15) is 0 Å². The molecule has 0 atom stereocenters. The standard InChI is InChI=1S/C23H21FN4O/c1-2-21-27-20-4-3-13-25-23(20)28(21)19-11-7-16(8-12-19)14-22(29)26-15-17-5-9-18(24)10-6-17/h3-13H,2,14-15H2,1H3,(H,26,29). The second-order valence-corrected chi connectivity index (χ2v) is 6.81. The summed E-state index contributed by atoms with van der Waals surface area (Å²) in [5.74, 6) is 0.585. The molecule has 0 fully saturated rings. The van der Waals surface area contributed by atoms with Gasteiger partial charge in [0.05, 0.1) is 6.42 Å². The summed E-state index contributed by atoms with van der Waals surface area (Å²) in [7, 11) is 0. The van der Waals surface area contributed by atoms with Gasteiger partial charge < -0.3 is 5.32 Å². The zero-order valence-corrected chi connectivity index (χ0v) is 16.1. The molecule has 0 saturated heterocycles. The Balaban J connectivity index is 1.46. The van der Waals surface area contributed by atoms with Crippen molar-refractivity contribution in [3.63, 3.8) is 0 Å². The van der Waals surface area contributed by atoms with Gasteiger partial charge in [-0.25, -0.2) is 14.4 Å². The number of carbonyl (C=O) groups excluding carboxylic acids is 1. The quantitative estimate of drug-likeness (QED) is 0.544. The van der Waals surface area contributed by atoms with Crippen LogP contribution in [0.5, 0.6) is 0 Å². The van der Waals surface area contributed by atoms with E-state index < -0.39 is 0 Å². The Bertz CT molecular complexity index is 1130.